The first-order valence-electron chi connectivity index (χ1n) is 6.13. The molecule has 1 saturated heterocycles. The quantitative estimate of drug-likeness (QED) is 0.745. The third kappa shape index (κ3) is 3.58. The van der Waals surface area contributed by atoms with Crippen molar-refractivity contribution in [2.45, 2.75) is 65.1 Å². The van der Waals surface area contributed by atoms with Gasteiger partial charge in [0.25, 0.3) is 0 Å². The summed E-state index contributed by atoms with van der Waals surface area (Å²) in [7, 11) is 0. The number of rotatable bonds is 4. The van der Waals surface area contributed by atoms with Gasteiger partial charge in [-0.15, -0.1) is 0 Å². The van der Waals surface area contributed by atoms with Crippen molar-refractivity contribution in [1.82, 2.24) is 10.2 Å². The molecule has 14 heavy (non-hydrogen) atoms. The third-order valence-electron chi connectivity index (χ3n) is 3.24. The zero-order chi connectivity index (χ0) is 10.6. The van der Waals surface area contributed by atoms with Gasteiger partial charge in [-0.1, -0.05) is 20.8 Å². The summed E-state index contributed by atoms with van der Waals surface area (Å²) in [5, 5.41) is 3.65. The van der Waals surface area contributed by atoms with Crippen LogP contribution < -0.4 is 5.32 Å². The Balaban J connectivity index is 2.35. The van der Waals surface area contributed by atoms with E-state index in [9.17, 15) is 0 Å². The average Bonchev–Trinajstić information content (AvgIpc) is 2.16. The lowest BCUT2D eigenvalue weighted by Gasteiger charge is -2.37. The van der Waals surface area contributed by atoms with Crippen molar-refractivity contribution in [1.29, 1.82) is 0 Å². The molecule has 0 bridgehead atoms. The summed E-state index contributed by atoms with van der Waals surface area (Å²) in [5.41, 5.74) is 0. The largest absolute Gasteiger partial charge is 0.311 e. The third-order valence-corrected chi connectivity index (χ3v) is 3.24. The standard InChI is InChI=1S/C12H26N2/c1-5-11(4)14-8-6-7-12(9-14)13-10(2)3/h10-13H,5-9H2,1-4H3. The van der Waals surface area contributed by atoms with E-state index >= 15 is 0 Å². The van der Waals surface area contributed by atoms with Crippen molar-refractivity contribution in [2.75, 3.05) is 13.1 Å². The SMILES string of the molecule is CCC(C)N1CCCC(NC(C)C)C1. The van der Waals surface area contributed by atoms with Crippen LogP contribution in [-0.4, -0.2) is 36.1 Å². The Kier molecular flexibility index (Phi) is 4.90. The van der Waals surface area contributed by atoms with Gasteiger partial charge in [-0.25, -0.2) is 0 Å². The molecule has 0 aliphatic carbocycles. The van der Waals surface area contributed by atoms with Crippen molar-refractivity contribution < 1.29 is 0 Å². The first-order chi connectivity index (χ1) is 6.63. The van der Waals surface area contributed by atoms with Gasteiger partial charge in [0.1, 0.15) is 0 Å². The topological polar surface area (TPSA) is 15.3 Å². The van der Waals surface area contributed by atoms with E-state index in [1.54, 1.807) is 0 Å². The van der Waals surface area contributed by atoms with Crippen molar-refractivity contribution in [3.05, 3.63) is 0 Å². The van der Waals surface area contributed by atoms with Crippen LogP contribution in [0.3, 0.4) is 0 Å². The van der Waals surface area contributed by atoms with Crippen LogP contribution in [0.4, 0.5) is 0 Å². The second-order valence-electron chi connectivity index (χ2n) is 4.91. The van der Waals surface area contributed by atoms with Crippen molar-refractivity contribution in [2.24, 2.45) is 0 Å². The Bertz CT molecular complexity index is 156. The fourth-order valence-corrected chi connectivity index (χ4v) is 2.27. The van der Waals surface area contributed by atoms with Crippen molar-refractivity contribution >= 4 is 0 Å². The van der Waals surface area contributed by atoms with Crippen LogP contribution in [0.1, 0.15) is 47.0 Å². The number of hydrogen-bond acceptors (Lipinski definition) is 2. The molecule has 1 aliphatic heterocycles. The molecular formula is C12H26N2. The Morgan fingerprint density at radius 1 is 1.36 bits per heavy atom. The fourth-order valence-electron chi connectivity index (χ4n) is 2.27. The molecule has 0 saturated carbocycles. The molecule has 1 aliphatic rings. The Labute approximate surface area is 89.1 Å². The molecular weight excluding hydrogens is 172 g/mol. The van der Waals surface area contributed by atoms with E-state index in [0.29, 0.717) is 6.04 Å². The van der Waals surface area contributed by atoms with Crippen LogP contribution in [-0.2, 0) is 0 Å². The summed E-state index contributed by atoms with van der Waals surface area (Å²) in [4.78, 5) is 2.63. The summed E-state index contributed by atoms with van der Waals surface area (Å²) in [6.45, 7) is 11.6. The zero-order valence-corrected chi connectivity index (χ0v) is 10.2. The molecule has 2 unspecified atom stereocenters. The van der Waals surface area contributed by atoms with Crippen LogP contribution in [0.5, 0.6) is 0 Å². The maximum absolute atomic E-state index is 3.65. The van der Waals surface area contributed by atoms with Gasteiger partial charge < -0.3 is 5.32 Å². The highest BCUT2D eigenvalue weighted by atomic mass is 15.2. The summed E-state index contributed by atoms with van der Waals surface area (Å²) in [6, 6.07) is 2.10. The summed E-state index contributed by atoms with van der Waals surface area (Å²) in [5.74, 6) is 0. The van der Waals surface area contributed by atoms with Crippen LogP contribution in [0.15, 0.2) is 0 Å². The molecule has 0 aromatic rings. The first kappa shape index (κ1) is 12.0. The van der Waals surface area contributed by atoms with Gasteiger partial charge in [0.2, 0.25) is 0 Å². The van der Waals surface area contributed by atoms with E-state index in [1.807, 2.05) is 0 Å². The minimum Gasteiger partial charge on any atom is -0.311 e. The molecule has 2 heteroatoms. The lowest BCUT2D eigenvalue weighted by atomic mass is 10.0. The monoisotopic (exact) mass is 198 g/mol. The Morgan fingerprint density at radius 2 is 2.07 bits per heavy atom. The normalized spacial score (nSPS) is 26.8. The predicted octanol–water partition coefficient (Wildman–Crippen LogP) is 2.25. The molecule has 2 atom stereocenters. The second-order valence-corrected chi connectivity index (χ2v) is 4.91. The fraction of sp³-hybridized carbons (Fsp3) is 1.00. The molecule has 2 nitrogen and oxygen atoms in total. The molecule has 0 spiro atoms. The van der Waals surface area contributed by atoms with Gasteiger partial charge >= 0.3 is 0 Å². The number of piperidine rings is 1. The molecule has 0 aromatic heterocycles. The van der Waals surface area contributed by atoms with Crippen LogP contribution in [0.2, 0.25) is 0 Å². The van der Waals surface area contributed by atoms with E-state index < -0.39 is 0 Å². The van der Waals surface area contributed by atoms with Gasteiger partial charge in [-0.05, 0) is 32.7 Å². The lowest BCUT2D eigenvalue weighted by molar-refractivity contribution is 0.139. The Hall–Kier alpha value is -0.0800. The minimum absolute atomic E-state index is 0.622. The summed E-state index contributed by atoms with van der Waals surface area (Å²) >= 11 is 0. The van der Waals surface area contributed by atoms with Crippen LogP contribution in [0.25, 0.3) is 0 Å². The zero-order valence-electron chi connectivity index (χ0n) is 10.2. The van der Waals surface area contributed by atoms with E-state index in [2.05, 4.69) is 37.9 Å². The number of hydrogen-bond donors (Lipinski definition) is 1. The average molecular weight is 198 g/mol. The van der Waals surface area contributed by atoms with Gasteiger partial charge in [-0.3, -0.25) is 4.90 Å². The summed E-state index contributed by atoms with van der Waals surface area (Å²) in [6.07, 6.45) is 3.98. The maximum Gasteiger partial charge on any atom is 0.0197 e. The van der Waals surface area contributed by atoms with Crippen LogP contribution in [0, 0.1) is 0 Å². The van der Waals surface area contributed by atoms with Gasteiger partial charge in [-0.2, -0.15) is 0 Å². The van der Waals surface area contributed by atoms with Crippen LogP contribution >= 0.6 is 0 Å². The molecule has 1 fully saturated rings. The van der Waals surface area contributed by atoms with E-state index in [1.165, 1.54) is 32.4 Å². The number of likely N-dealkylation sites (tertiary alicyclic amines) is 1. The lowest BCUT2D eigenvalue weighted by Crippen LogP contribution is -2.50. The first-order valence-corrected chi connectivity index (χ1v) is 6.13. The van der Waals surface area contributed by atoms with Gasteiger partial charge in [0.15, 0.2) is 0 Å². The highest BCUT2D eigenvalue weighted by molar-refractivity contribution is 4.81. The molecule has 1 heterocycles. The molecule has 0 radical (unpaired) electrons. The molecule has 0 aromatic carbocycles. The Morgan fingerprint density at radius 3 is 2.64 bits per heavy atom. The number of nitrogens with zero attached hydrogens (tertiary/aromatic N) is 1. The summed E-state index contributed by atoms with van der Waals surface area (Å²) < 4.78 is 0. The predicted molar refractivity (Wildman–Crippen MR) is 62.6 cm³/mol. The molecule has 1 N–H and O–H groups in total. The van der Waals surface area contributed by atoms with E-state index in [0.717, 1.165) is 12.1 Å². The minimum atomic E-state index is 0.622. The number of nitrogens with one attached hydrogen (secondary N) is 1. The van der Waals surface area contributed by atoms with Crippen molar-refractivity contribution in [3.63, 3.8) is 0 Å². The van der Waals surface area contributed by atoms with E-state index in [4.69, 9.17) is 0 Å². The molecule has 0 amide bonds. The second kappa shape index (κ2) is 5.72. The van der Waals surface area contributed by atoms with Gasteiger partial charge in [0, 0.05) is 24.7 Å². The highest BCUT2D eigenvalue weighted by Crippen LogP contribution is 2.14. The smallest absolute Gasteiger partial charge is 0.0197 e. The molecule has 84 valence electrons. The van der Waals surface area contributed by atoms with Gasteiger partial charge in [0.05, 0.1) is 0 Å². The maximum atomic E-state index is 3.65. The molecule has 1 rings (SSSR count). The highest BCUT2D eigenvalue weighted by Gasteiger charge is 2.22. The van der Waals surface area contributed by atoms with Crippen molar-refractivity contribution in [3.8, 4) is 0 Å². The van der Waals surface area contributed by atoms with E-state index in [-0.39, 0.29) is 0 Å².